The Morgan fingerprint density at radius 3 is 2.80 bits per heavy atom. The third-order valence-corrected chi connectivity index (χ3v) is 2.21. The Morgan fingerprint density at radius 1 is 1.60 bits per heavy atom. The highest BCUT2D eigenvalue weighted by molar-refractivity contribution is 7.50. The van der Waals surface area contributed by atoms with E-state index in [1.165, 1.54) is 18.2 Å². The van der Waals surface area contributed by atoms with E-state index in [1.54, 1.807) is 5.20 Å². The first-order valence-electron chi connectivity index (χ1n) is 3.69. The van der Waals surface area contributed by atoms with Crippen molar-refractivity contribution >= 4 is 13.4 Å². The van der Waals surface area contributed by atoms with Gasteiger partial charge >= 0.3 is 7.75 Å². The van der Waals surface area contributed by atoms with Gasteiger partial charge in [0.2, 0.25) is 0 Å². The van der Waals surface area contributed by atoms with Crippen LogP contribution in [0.4, 0.5) is 5.69 Å². The lowest BCUT2D eigenvalue weighted by Crippen LogP contribution is -2.20. The molecule has 9 heteroatoms. The number of nitrogens with zero attached hydrogens (tertiary/aromatic N) is 1. The summed E-state index contributed by atoms with van der Waals surface area (Å²) < 4.78 is 15.5. The van der Waals surface area contributed by atoms with E-state index in [4.69, 9.17) is 10.7 Å². The van der Waals surface area contributed by atoms with Gasteiger partial charge in [0, 0.05) is 6.07 Å². The molecule has 0 saturated carbocycles. The largest absolute Gasteiger partial charge is 0.469 e. The van der Waals surface area contributed by atoms with Gasteiger partial charge in [0.25, 0.3) is 5.69 Å². The molecule has 1 aromatic rings. The van der Waals surface area contributed by atoms with Gasteiger partial charge in [-0.15, -0.1) is 0 Å². The molecule has 0 saturated heterocycles. The van der Waals surface area contributed by atoms with Crippen molar-refractivity contribution in [3.63, 3.8) is 0 Å². The Kier molecular flexibility index (Phi) is 3.38. The first-order valence-corrected chi connectivity index (χ1v) is 5.27. The molecule has 0 heterocycles. The lowest BCUT2D eigenvalue weighted by molar-refractivity contribution is -0.384. The van der Waals surface area contributed by atoms with Crippen LogP contribution in [0.1, 0.15) is 0 Å². The summed E-state index contributed by atoms with van der Waals surface area (Å²) in [4.78, 5) is 18.7. The van der Waals surface area contributed by atoms with Crippen LogP contribution in [-0.2, 0) is 4.57 Å². The van der Waals surface area contributed by atoms with Crippen LogP contribution in [0.3, 0.4) is 0 Å². The minimum absolute atomic E-state index is 0.118. The average Bonchev–Trinajstić information content (AvgIpc) is 2.17. The van der Waals surface area contributed by atoms with Gasteiger partial charge in [0.1, 0.15) is 5.75 Å². The Balaban J connectivity index is 2.92. The van der Waals surface area contributed by atoms with E-state index in [-0.39, 0.29) is 11.4 Å². The Morgan fingerprint density at radius 2 is 2.27 bits per heavy atom. The number of non-ortho nitro benzene ring substituents is 1. The predicted molar refractivity (Wildman–Crippen MR) is 50.9 cm³/mol. The SMILES string of the molecule is NNP(=O)(O)Oc1cccc([N+](=O)[O-])c1. The monoisotopic (exact) mass is 233 g/mol. The zero-order valence-corrected chi connectivity index (χ0v) is 8.26. The molecule has 4 N–H and O–H groups in total. The average molecular weight is 233 g/mol. The fraction of sp³-hybridized carbons (Fsp3) is 0. The van der Waals surface area contributed by atoms with Gasteiger partial charge in [0.15, 0.2) is 0 Å². The number of benzene rings is 1. The Bertz CT molecular complexity index is 423. The topological polar surface area (TPSA) is 128 Å². The molecule has 15 heavy (non-hydrogen) atoms. The highest BCUT2D eigenvalue weighted by Gasteiger charge is 2.19. The van der Waals surface area contributed by atoms with Gasteiger partial charge in [-0.1, -0.05) is 6.07 Å². The van der Waals surface area contributed by atoms with Crippen LogP contribution in [0.5, 0.6) is 5.75 Å². The summed E-state index contributed by atoms with van der Waals surface area (Å²) >= 11 is 0. The van der Waals surface area contributed by atoms with Crippen molar-refractivity contribution in [2.24, 2.45) is 5.84 Å². The van der Waals surface area contributed by atoms with E-state index in [9.17, 15) is 14.7 Å². The van der Waals surface area contributed by atoms with Crippen molar-refractivity contribution in [3.05, 3.63) is 34.4 Å². The third kappa shape index (κ3) is 3.30. The molecule has 0 amide bonds. The highest BCUT2D eigenvalue weighted by atomic mass is 31.2. The molecule has 0 aromatic heterocycles. The minimum atomic E-state index is -4.14. The zero-order chi connectivity index (χ0) is 11.5. The molecule has 0 aliphatic heterocycles. The second-order valence-corrected chi connectivity index (χ2v) is 3.98. The van der Waals surface area contributed by atoms with Gasteiger partial charge in [-0.2, -0.15) is 5.20 Å². The molecule has 0 fully saturated rings. The molecule has 0 bridgehead atoms. The maximum Gasteiger partial charge on any atom is 0.469 e. The second-order valence-electron chi connectivity index (χ2n) is 2.50. The number of nitrogens with one attached hydrogen (secondary N) is 1. The minimum Gasteiger partial charge on any atom is -0.412 e. The van der Waals surface area contributed by atoms with Crippen LogP contribution in [0.25, 0.3) is 0 Å². The number of nitrogens with two attached hydrogens (primary N) is 1. The van der Waals surface area contributed by atoms with E-state index < -0.39 is 12.7 Å². The van der Waals surface area contributed by atoms with Crippen LogP contribution in [0.2, 0.25) is 0 Å². The molecule has 8 nitrogen and oxygen atoms in total. The molecular weight excluding hydrogens is 225 g/mol. The maximum absolute atomic E-state index is 11.0. The predicted octanol–water partition coefficient (Wildman–Crippen LogP) is 0.537. The summed E-state index contributed by atoms with van der Waals surface area (Å²) in [6.07, 6.45) is 0. The molecule has 1 atom stereocenters. The van der Waals surface area contributed by atoms with Crippen molar-refractivity contribution < 1.29 is 18.9 Å². The highest BCUT2D eigenvalue weighted by Crippen LogP contribution is 2.37. The van der Waals surface area contributed by atoms with Crippen molar-refractivity contribution in [2.75, 3.05) is 0 Å². The summed E-state index contributed by atoms with van der Waals surface area (Å²) in [5.41, 5.74) is -0.246. The van der Waals surface area contributed by atoms with Crippen LogP contribution in [0.15, 0.2) is 24.3 Å². The van der Waals surface area contributed by atoms with Crippen LogP contribution in [-0.4, -0.2) is 9.82 Å². The van der Waals surface area contributed by atoms with Crippen LogP contribution in [0, 0.1) is 10.1 Å². The number of nitro benzene ring substituents is 1. The first kappa shape index (κ1) is 11.6. The summed E-state index contributed by atoms with van der Waals surface area (Å²) in [7, 11) is -4.14. The molecular formula is C6H8N3O5P. The van der Waals surface area contributed by atoms with Crippen molar-refractivity contribution in [3.8, 4) is 5.75 Å². The molecule has 0 aliphatic carbocycles. The summed E-state index contributed by atoms with van der Waals surface area (Å²) in [6, 6.07) is 4.86. The summed E-state index contributed by atoms with van der Waals surface area (Å²) in [6.45, 7) is 0. The van der Waals surface area contributed by atoms with Crippen molar-refractivity contribution in [1.82, 2.24) is 5.20 Å². The normalized spacial score (nSPS) is 14.3. The molecule has 0 aliphatic rings. The second kappa shape index (κ2) is 4.37. The Labute approximate surface area is 84.4 Å². The van der Waals surface area contributed by atoms with Crippen molar-refractivity contribution in [2.45, 2.75) is 0 Å². The van der Waals surface area contributed by atoms with E-state index in [2.05, 4.69) is 4.52 Å². The molecule has 1 aromatic carbocycles. The van der Waals surface area contributed by atoms with E-state index in [1.807, 2.05) is 0 Å². The molecule has 0 spiro atoms. The number of hydrogen-bond acceptors (Lipinski definition) is 5. The van der Waals surface area contributed by atoms with Gasteiger partial charge in [-0.05, 0) is 6.07 Å². The van der Waals surface area contributed by atoms with Gasteiger partial charge in [-0.25, -0.2) is 4.57 Å². The zero-order valence-electron chi connectivity index (χ0n) is 7.36. The third-order valence-electron chi connectivity index (χ3n) is 1.42. The number of hydrazine groups is 1. The van der Waals surface area contributed by atoms with Gasteiger partial charge < -0.3 is 9.42 Å². The molecule has 1 rings (SSSR count). The molecule has 0 radical (unpaired) electrons. The first-order chi connectivity index (χ1) is 6.94. The van der Waals surface area contributed by atoms with E-state index >= 15 is 0 Å². The van der Waals surface area contributed by atoms with E-state index in [0.29, 0.717) is 0 Å². The lowest BCUT2D eigenvalue weighted by Gasteiger charge is -2.10. The smallest absolute Gasteiger partial charge is 0.412 e. The number of rotatable bonds is 4. The number of hydrogen-bond donors (Lipinski definition) is 3. The fourth-order valence-corrected chi connectivity index (χ4v) is 1.28. The Hall–Kier alpha value is -1.47. The van der Waals surface area contributed by atoms with E-state index in [0.717, 1.165) is 6.07 Å². The standard InChI is InChI=1S/C6H8N3O5P/c7-8-15(12,13)14-6-3-1-2-5(4-6)9(10)11/h1-4H,7H2,(H2,8,12,13). The molecule has 1 unspecified atom stereocenters. The molecule has 82 valence electrons. The number of nitro groups is 1. The van der Waals surface area contributed by atoms with Crippen LogP contribution >= 0.6 is 7.75 Å². The maximum atomic E-state index is 11.0. The van der Waals surface area contributed by atoms with Gasteiger partial charge in [-0.3, -0.25) is 16.0 Å². The fourth-order valence-electron chi connectivity index (χ4n) is 0.823. The van der Waals surface area contributed by atoms with Gasteiger partial charge in [0.05, 0.1) is 11.0 Å². The van der Waals surface area contributed by atoms with Crippen molar-refractivity contribution in [1.29, 1.82) is 0 Å². The quantitative estimate of drug-likeness (QED) is 0.299. The summed E-state index contributed by atoms with van der Waals surface area (Å²) in [5, 5.41) is 11.9. The lowest BCUT2D eigenvalue weighted by atomic mass is 10.3. The summed E-state index contributed by atoms with van der Waals surface area (Å²) in [5.74, 6) is 4.61. The van der Waals surface area contributed by atoms with Crippen LogP contribution < -0.4 is 15.6 Å².